The molecule has 0 spiro atoms. The number of hydrogen-bond donors (Lipinski definition) is 1. The van der Waals surface area contributed by atoms with E-state index >= 15 is 17.6 Å². The van der Waals surface area contributed by atoms with Crippen LogP contribution >= 0.6 is 0 Å². The minimum atomic E-state index is -5.05. The number of halogens is 4. The molecule has 8 aromatic carbocycles. The lowest BCUT2D eigenvalue weighted by atomic mass is 9.90. The van der Waals surface area contributed by atoms with Crippen LogP contribution < -0.4 is 5.32 Å². The van der Waals surface area contributed by atoms with E-state index < -0.39 is 65.2 Å². The molecule has 0 radical (unpaired) electrons. The molecule has 10 rings (SSSR count). The molecule has 0 fully saturated rings. The number of rotatable bonds is 17. The molecule has 0 saturated heterocycles. The molecule has 0 atom stereocenters. The van der Waals surface area contributed by atoms with E-state index in [1.165, 1.54) is 12.1 Å². The highest BCUT2D eigenvalue weighted by atomic mass is 32.3. The van der Waals surface area contributed by atoms with E-state index in [-0.39, 0.29) is 21.2 Å². The van der Waals surface area contributed by atoms with Crippen LogP contribution in [-0.4, -0.2) is 54.5 Å². The van der Waals surface area contributed by atoms with Crippen LogP contribution in [0, 0.1) is 13.8 Å². The fraction of sp³-hybridized carbons (Fsp3) is 0.200. The second-order valence-corrected chi connectivity index (χ2v) is 26.0. The van der Waals surface area contributed by atoms with Gasteiger partial charge in [-0.25, -0.2) is 42.8 Å². The monoisotopic (exact) mass is 1050 g/mol. The van der Waals surface area contributed by atoms with E-state index in [4.69, 9.17) is 0 Å². The lowest BCUT2D eigenvalue weighted by Gasteiger charge is -2.23. The lowest BCUT2D eigenvalue weighted by molar-refractivity contribution is -0.0966. The first-order chi connectivity index (χ1) is 35.1. The van der Waals surface area contributed by atoms with Gasteiger partial charge in [0.2, 0.25) is 9.84 Å². The highest BCUT2D eigenvalue weighted by Crippen LogP contribution is 2.42. The summed E-state index contributed by atoms with van der Waals surface area (Å²) in [5.74, 6) is -10.5. The Labute approximate surface area is 429 Å². The molecule has 1 N–H and O–H groups in total. The number of sulfone groups is 3. The SMILES string of the molecule is Cc1ccc2c(c1)Cc1cc(S(=O)(=O)CS(=O)(=O)CC(F)(F)CC(F)(F)CNCc3ccc4c(c3)Cc3cc(-c5ccc(-c6ccc(C)cc6S(=O)(=O)c6ccccc6)c(Cc6ccccc6)c5)ccc3-4)ccc1-2. The van der Waals surface area contributed by atoms with E-state index in [9.17, 15) is 25.3 Å². The van der Waals surface area contributed by atoms with E-state index in [2.05, 4.69) is 17.4 Å². The number of alkyl halides is 4. The molecule has 0 saturated carbocycles. The Kier molecular flexibility index (Phi) is 13.4. The van der Waals surface area contributed by atoms with Gasteiger partial charge in [0.15, 0.2) is 24.8 Å². The fourth-order valence-electron chi connectivity index (χ4n) is 10.4. The van der Waals surface area contributed by atoms with Crippen molar-refractivity contribution in [2.24, 2.45) is 0 Å². The first kappa shape index (κ1) is 50.8. The number of hydrogen-bond acceptors (Lipinski definition) is 7. The summed E-state index contributed by atoms with van der Waals surface area (Å²) in [6.07, 6.45) is -0.568. The third-order valence-electron chi connectivity index (χ3n) is 13.8. The van der Waals surface area contributed by atoms with E-state index in [1.807, 2.05) is 111 Å². The van der Waals surface area contributed by atoms with Crippen molar-refractivity contribution in [3.8, 4) is 44.5 Å². The van der Waals surface area contributed by atoms with Gasteiger partial charge in [0.1, 0.15) is 5.75 Å². The molecule has 2 aliphatic carbocycles. The first-order valence-corrected chi connectivity index (χ1v) is 29.0. The van der Waals surface area contributed by atoms with Gasteiger partial charge in [-0.05, 0) is 147 Å². The second-order valence-electron chi connectivity index (χ2n) is 19.7. The predicted octanol–water partition coefficient (Wildman–Crippen LogP) is 12.8. The van der Waals surface area contributed by atoms with Crippen molar-refractivity contribution in [3.63, 3.8) is 0 Å². The maximum absolute atomic E-state index is 15.1. The van der Waals surface area contributed by atoms with Crippen LogP contribution in [-0.2, 0) is 55.3 Å². The highest BCUT2D eigenvalue weighted by molar-refractivity contribution is 8.08. The summed E-state index contributed by atoms with van der Waals surface area (Å²) in [5.41, 5.74) is 15.2. The molecule has 0 amide bonds. The van der Waals surface area contributed by atoms with Gasteiger partial charge in [-0.3, -0.25) is 0 Å². The van der Waals surface area contributed by atoms with Gasteiger partial charge >= 0.3 is 0 Å². The summed E-state index contributed by atoms with van der Waals surface area (Å²) in [6.45, 7) is 2.55. The molecule has 7 nitrogen and oxygen atoms in total. The summed E-state index contributed by atoms with van der Waals surface area (Å²) in [6, 6.07) is 51.8. The van der Waals surface area contributed by atoms with E-state index in [0.29, 0.717) is 36.0 Å². The molecular formula is C60H51F4NO6S3. The smallest absolute Gasteiger partial charge is 0.267 e. The van der Waals surface area contributed by atoms with Crippen molar-refractivity contribution in [2.75, 3.05) is 17.4 Å². The number of fused-ring (bicyclic) bond motifs is 6. The Hall–Kier alpha value is -6.71. The minimum Gasteiger partial charge on any atom is -0.307 e. The number of nitrogens with one attached hydrogen (secondary N) is 1. The van der Waals surface area contributed by atoms with Crippen molar-refractivity contribution in [2.45, 2.75) is 72.6 Å². The molecule has 0 aromatic heterocycles. The van der Waals surface area contributed by atoms with Gasteiger partial charge in [-0.15, -0.1) is 0 Å². The van der Waals surface area contributed by atoms with Crippen molar-refractivity contribution in [1.82, 2.24) is 5.32 Å². The summed E-state index contributed by atoms with van der Waals surface area (Å²) in [7, 11) is -13.5. The van der Waals surface area contributed by atoms with Gasteiger partial charge in [0.25, 0.3) is 11.8 Å². The third kappa shape index (κ3) is 10.8. The molecule has 0 bridgehead atoms. The normalized spacial score (nSPS) is 13.3. The van der Waals surface area contributed by atoms with E-state index in [0.717, 1.165) is 77.9 Å². The van der Waals surface area contributed by atoms with Gasteiger partial charge in [0.05, 0.1) is 27.7 Å². The minimum absolute atomic E-state index is 0.0794. The zero-order chi connectivity index (χ0) is 52.2. The summed E-state index contributed by atoms with van der Waals surface area (Å²) < 4.78 is 141. The topological polar surface area (TPSA) is 114 Å². The third-order valence-corrected chi connectivity index (χ3v) is 20.1. The Morgan fingerprint density at radius 1 is 0.486 bits per heavy atom. The van der Waals surface area contributed by atoms with Crippen LogP contribution in [0.2, 0.25) is 0 Å². The van der Waals surface area contributed by atoms with Crippen LogP contribution in [0.25, 0.3) is 44.5 Å². The zero-order valence-corrected chi connectivity index (χ0v) is 43.0. The van der Waals surface area contributed by atoms with Crippen LogP contribution in [0.3, 0.4) is 0 Å². The quantitative estimate of drug-likeness (QED) is 0.0903. The maximum Gasteiger partial charge on any atom is 0.267 e. The molecule has 378 valence electrons. The Morgan fingerprint density at radius 3 is 1.72 bits per heavy atom. The summed E-state index contributed by atoms with van der Waals surface area (Å²) in [5, 5.41) is 0.918. The Morgan fingerprint density at radius 2 is 1.03 bits per heavy atom. The number of aryl methyl sites for hydroxylation is 2. The Bertz CT molecular complexity index is 3850. The van der Waals surface area contributed by atoms with Gasteiger partial charge in [-0.1, -0.05) is 145 Å². The van der Waals surface area contributed by atoms with Crippen molar-refractivity contribution >= 4 is 29.5 Å². The highest BCUT2D eigenvalue weighted by Gasteiger charge is 2.46. The summed E-state index contributed by atoms with van der Waals surface area (Å²) >= 11 is 0. The molecule has 14 heteroatoms. The van der Waals surface area contributed by atoms with Crippen LogP contribution in [0.15, 0.2) is 185 Å². The predicted molar refractivity (Wildman–Crippen MR) is 283 cm³/mol. The van der Waals surface area contributed by atoms with Gasteiger partial charge in [0, 0.05) is 12.1 Å². The van der Waals surface area contributed by atoms with Crippen LogP contribution in [0.1, 0.15) is 56.5 Å². The van der Waals surface area contributed by atoms with Gasteiger partial charge < -0.3 is 5.32 Å². The zero-order valence-electron chi connectivity index (χ0n) is 40.5. The van der Waals surface area contributed by atoms with Gasteiger partial charge in [-0.2, -0.15) is 0 Å². The average molecular weight is 1050 g/mol. The van der Waals surface area contributed by atoms with E-state index in [1.54, 1.807) is 48.5 Å². The van der Waals surface area contributed by atoms with Crippen LogP contribution in [0.4, 0.5) is 17.6 Å². The number of benzene rings is 8. The average Bonchev–Trinajstić information content (AvgIpc) is 3.90. The maximum atomic E-state index is 15.1. The lowest BCUT2D eigenvalue weighted by Crippen LogP contribution is -2.41. The van der Waals surface area contributed by atoms with Crippen molar-refractivity contribution in [3.05, 3.63) is 220 Å². The first-order valence-electron chi connectivity index (χ1n) is 24.1. The molecule has 8 aromatic rings. The Balaban J connectivity index is 0.796. The molecule has 0 aliphatic heterocycles. The molecule has 2 aliphatic rings. The molecule has 0 heterocycles. The van der Waals surface area contributed by atoms with Crippen LogP contribution in [0.5, 0.6) is 0 Å². The molecule has 74 heavy (non-hydrogen) atoms. The largest absolute Gasteiger partial charge is 0.307 e. The molecular weight excluding hydrogens is 1000 g/mol. The van der Waals surface area contributed by atoms with Crippen molar-refractivity contribution < 1.29 is 42.8 Å². The fourth-order valence-corrected chi connectivity index (χ4v) is 16.1. The molecule has 0 unspecified atom stereocenters. The summed E-state index contributed by atoms with van der Waals surface area (Å²) in [4.78, 5) is 0.106. The second kappa shape index (κ2) is 19.5. The van der Waals surface area contributed by atoms with Crippen molar-refractivity contribution in [1.29, 1.82) is 0 Å². The standard InChI is InChI=1S/C60H51F4NO6S3/c1-39-13-19-52-45(25-39)31-49-33-51(18-24-55(49)52)73(68,69)38-72(66,67)37-60(63,64)35-59(61,62)36-65-34-42-15-21-53-47(28-42)32-48-30-44(16-22-54(48)53)43-17-23-56(46(29-43)27-41-9-5-3-6-10-41)57-20-14-40(2)26-58(57)74(70,71)50-11-7-4-8-12-50/h3-26,28-30,33,65H,27,31-32,34-38H2,1-2H3.